The van der Waals surface area contributed by atoms with Crippen LogP contribution in [0.5, 0.6) is 0 Å². The van der Waals surface area contributed by atoms with E-state index in [2.05, 4.69) is 24.6 Å². The first-order valence-corrected chi connectivity index (χ1v) is 5.64. The van der Waals surface area contributed by atoms with E-state index < -0.39 is 0 Å². The third kappa shape index (κ3) is 5.29. The predicted octanol–water partition coefficient (Wildman–Crippen LogP) is 3.94. The van der Waals surface area contributed by atoms with E-state index in [-0.39, 0.29) is 5.83 Å². The van der Waals surface area contributed by atoms with E-state index in [0.29, 0.717) is 18.3 Å². The minimum absolute atomic E-state index is 0.378. The molecule has 0 radical (unpaired) electrons. The standard InChI is InChI=1S/C14H18FNO/c1-4-13(15)6-5-12(3)17-10-14-9-11(2)7-8-16-14/h4-6,8-9,11H,1,7,10H2,2-3H3/b12-5+,13-6+. The van der Waals surface area contributed by atoms with Crippen LogP contribution in [0.3, 0.4) is 0 Å². The van der Waals surface area contributed by atoms with Gasteiger partial charge in [0.15, 0.2) is 0 Å². The summed E-state index contributed by atoms with van der Waals surface area (Å²) in [4.78, 5) is 4.24. The third-order valence-electron chi connectivity index (χ3n) is 2.33. The summed E-state index contributed by atoms with van der Waals surface area (Å²) in [6.07, 6.45) is 9.02. The maximum absolute atomic E-state index is 12.7. The number of hydrogen-bond acceptors (Lipinski definition) is 2. The summed E-state index contributed by atoms with van der Waals surface area (Å²) in [6.45, 7) is 7.66. The lowest BCUT2D eigenvalue weighted by Crippen LogP contribution is -2.03. The molecule has 92 valence electrons. The molecule has 0 saturated carbocycles. The average Bonchev–Trinajstić information content (AvgIpc) is 2.33. The molecule has 1 atom stereocenters. The number of halogens is 1. The number of aliphatic imine (C=N–C) groups is 1. The summed E-state index contributed by atoms with van der Waals surface area (Å²) in [6, 6.07) is 0. The van der Waals surface area contributed by atoms with Crippen LogP contribution in [-0.2, 0) is 4.74 Å². The first kappa shape index (κ1) is 13.4. The van der Waals surface area contributed by atoms with Gasteiger partial charge in [-0.3, -0.25) is 4.99 Å². The van der Waals surface area contributed by atoms with E-state index in [1.54, 1.807) is 13.0 Å². The van der Waals surface area contributed by atoms with Crippen molar-refractivity contribution in [2.45, 2.75) is 20.3 Å². The largest absolute Gasteiger partial charge is 0.492 e. The lowest BCUT2D eigenvalue weighted by atomic mass is 10.1. The van der Waals surface area contributed by atoms with Gasteiger partial charge >= 0.3 is 0 Å². The van der Waals surface area contributed by atoms with E-state index in [4.69, 9.17) is 4.74 Å². The molecule has 0 aromatic carbocycles. The lowest BCUT2D eigenvalue weighted by molar-refractivity contribution is 0.240. The number of nitrogens with zero attached hydrogens (tertiary/aromatic N) is 1. The molecular weight excluding hydrogens is 217 g/mol. The van der Waals surface area contributed by atoms with Gasteiger partial charge in [-0.05, 0) is 37.5 Å². The van der Waals surface area contributed by atoms with Crippen molar-refractivity contribution < 1.29 is 9.13 Å². The van der Waals surface area contributed by atoms with Crippen LogP contribution in [-0.4, -0.2) is 12.8 Å². The van der Waals surface area contributed by atoms with Gasteiger partial charge in [0, 0.05) is 6.21 Å². The van der Waals surface area contributed by atoms with Crippen LogP contribution >= 0.6 is 0 Å². The predicted molar refractivity (Wildman–Crippen MR) is 69.5 cm³/mol. The van der Waals surface area contributed by atoms with E-state index in [9.17, 15) is 4.39 Å². The van der Waals surface area contributed by atoms with E-state index in [0.717, 1.165) is 18.2 Å². The van der Waals surface area contributed by atoms with E-state index >= 15 is 0 Å². The molecule has 0 saturated heterocycles. The third-order valence-corrected chi connectivity index (χ3v) is 2.33. The molecule has 2 nitrogen and oxygen atoms in total. The number of hydrogen-bond donors (Lipinski definition) is 0. The molecular formula is C14H18FNO. The zero-order valence-corrected chi connectivity index (χ0v) is 10.3. The normalized spacial score (nSPS) is 21.1. The van der Waals surface area contributed by atoms with Gasteiger partial charge in [-0.2, -0.15) is 0 Å². The Morgan fingerprint density at radius 2 is 2.41 bits per heavy atom. The fourth-order valence-corrected chi connectivity index (χ4v) is 1.36. The van der Waals surface area contributed by atoms with Gasteiger partial charge in [0.1, 0.15) is 12.4 Å². The topological polar surface area (TPSA) is 21.6 Å². The molecule has 1 aliphatic heterocycles. The summed E-state index contributed by atoms with van der Waals surface area (Å²) < 4.78 is 18.2. The highest BCUT2D eigenvalue weighted by Crippen LogP contribution is 2.14. The second kappa shape index (κ2) is 6.84. The smallest absolute Gasteiger partial charge is 0.129 e. The quantitative estimate of drug-likeness (QED) is 0.522. The van der Waals surface area contributed by atoms with Crippen molar-refractivity contribution in [3.05, 3.63) is 48.2 Å². The Balaban J connectivity index is 2.45. The van der Waals surface area contributed by atoms with Crippen molar-refractivity contribution in [1.82, 2.24) is 0 Å². The van der Waals surface area contributed by atoms with Crippen LogP contribution < -0.4 is 0 Å². The van der Waals surface area contributed by atoms with Gasteiger partial charge in [0.25, 0.3) is 0 Å². The Labute approximate surface area is 102 Å². The second-order valence-electron chi connectivity index (χ2n) is 4.00. The molecule has 0 spiro atoms. The minimum atomic E-state index is -0.378. The molecule has 1 aliphatic rings. The molecule has 0 amide bonds. The van der Waals surface area contributed by atoms with Crippen LogP contribution in [0.2, 0.25) is 0 Å². The van der Waals surface area contributed by atoms with Crippen molar-refractivity contribution in [3.63, 3.8) is 0 Å². The molecule has 1 unspecified atom stereocenters. The fourth-order valence-electron chi connectivity index (χ4n) is 1.36. The van der Waals surface area contributed by atoms with Gasteiger partial charge in [0.2, 0.25) is 0 Å². The Hall–Kier alpha value is -1.64. The monoisotopic (exact) mass is 235 g/mol. The zero-order valence-electron chi connectivity index (χ0n) is 10.3. The number of allylic oxidation sites excluding steroid dienone is 6. The maximum Gasteiger partial charge on any atom is 0.129 e. The molecule has 0 aromatic heterocycles. The molecule has 0 fully saturated rings. The Morgan fingerprint density at radius 1 is 1.65 bits per heavy atom. The summed E-state index contributed by atoms with van der Waals surface area (Å²) in [7, 11) is 0. The Morgan fingerprint density at radius 3 is 3.06 bits per heavy atom. The van der Waals surface area contributed by atoms with Crippen LogP contribution in [0.4, 0.5) is 4.39 Å². The zero-order chi connectivity index (χ0) is 12.7. The number of rotatable bonds is 5. The first-order chi connectivity index (χ1) is 8.11. The average molecular weight is 235 g/mol. The van der Waals surface area contributed by atoms with Crippen molar-refractivity contribution in [1.29, 1.82) is 0 Å². The van der Waals surface area contributed by atoms with Gasteiger partial charge in [-0.1, -0.05) is 19.6 Å². The molecule has 0 bridgehead atoms. The number of ether oxygens (including phenoxy) is 1. The molecule has 17 heavy (non-hydrogen) atoms. The summed E-state index contributed by atoms with van der Waals surface area (Å²) >= 11 is 0. The lowest BCUT2D eigenvalue weighted by Gasteiger charge is -2.12. The van der Waals surface area contributed by atoms with Gasteiger partial charge in [-0.25, -0.2) is 4.39 Å². The van der Waals surface area contributed by atoms with Crippen LogP contribution in [0.15, 0.2) is 53.2 Å². The van der Waals surface area contributed by atoms with E-state index in [1.807, 2.05) is 6.21 Å². The molecule has 1 heterocycles. The molecule has 3 heteroatoms. The fraction of sp³-hybridized carbons (Fsp3) is 0.357. The Bertz CT molecular complexity index is 391. The molecule has 0 N–H and O–H groups in total. The summed E-state index contributed by atoms with van der Waals surface area (Å²) in [5.41, 5.74) is 0.921. The summed E-state index contributed by atoms with van der Waals surface area (Å²) in [5, 5.41) is 0. The molecule has 1 rings (SSSR count). The van der Waals surface area contributed by atoms with Gasteiger partial charge < -0.3 is 4.74 Å². The van der Waals surface area contributed by atoms with Gasteiger partial charge in [-0.15, -0.1) is 0 Å². The van der Waals surface area contributed by atoms with Crippen molar-refractivity contribution in [2.75, 3.05) is 6.61 Å². The highest BCUT2D eigenvalue weighted by atomic mass is 19.1. The Kier molecular flexibility index (Phi) is 5.40. The SMILES string of the molecule is C=C/C(F)=C\C=C(/C)OCC1=CC(C)CC=N1. The summed E-state index contributed by atoms with van der Waals surface area (Å²) in [5.74, 6) is 0.779. The minimum Gasteiger partial charge on any atom is -0.492 e. The maximum atomic E-state index is 12.7. The highest BCUT2D eigenvalue weighted by Gasteiger charge is 2.05. The van der Waals surface area contributed by atoms with Gasteiger partial charge in [0.05, 0.1) is 11.5 Å². The molecule has 0 aromatic rings. The van der Waals surface area contributed by atoms with Crippen molar-refractivity contribution in [2.24, 2.45) is 10.9 Å². The van der Waals surface area contributed by atoms with Crippen molar-refractivity contribution in [3.8, 4) is 0 Å². The van der Waals surface area contributed by atoms with Crippen LogP contribution in [0, 0.1) is 5.92 Å². The molecule has 0 aliphatic carbocycles. The van der Waals surface area contributed by atoms with E-state index in [1.165, 1.54) is 6.08 Å². The first-order valence-electron chi connectivity index (χ1n) is 5.64. The highest BCUT2D eigenvalue weighted by molar-refractivity contribution is 5.61. The van der Waals surface area contributed by atoms with Crippen molar-refractivity contribution >= 4 is 6.21 Å². The van der Waals surface area contributed by atoms with Crippen LogP contribution in [0.1, 0.15) is 20.3 Å². The van der Waals surface area contributed by atoms with Crippen LogP contribution in [0.25, 0.3) is 0 Å². The second-order valence-corrected chi connectivity index (χ2v) is 4.00.